The minimum absolute atomic E-state index is 0.161. The van der Waals surface area contributed by atoms with Crippen molar-refractivity contribution in [2.24, 2.45) is 0 Å². The summed E-state index contributed by atoms with van der Waals surface area (Å²) in [5.41, 5.74) is -0.785. The van der Waals surface area contributed by atoms with Crippen LogP contribution in [0.5, 0.6) is 0 Å². The fourth-order valence-corrected chi connectivity index (χ4v) is 0.483. The van der Waals surface area contributed by atoms with Gasteiger partial charge in [0.2, 0.25) is 0 Å². The summed E-state index contributed by atoms with van der Waals surface area (Å²) in [5.74, 6) is 0. The van der Waals surface area contributed by atoms with Gasteiger partial charge in [0.25, 0.3) is 0 Å². The molecule has 60 valence electrons. The van der Waals surface area contributed by atoms with E-state index in [0.717, 1.165) is 0 Å². The quantitative estimate of drug-likeness (QED) is 0.472. The zero-order valence-corrected chi connectivity index (χ0v) is 6.85. The molecule has 4 heteroatoms. The highest BCUT2D eigenvalue weighted by Gasteiger charge is 1.95. The first-order chi connectivity index (χ1) is 4.63. The third-order valence-electron chi connectivity index (χ3n) is 0.750. The Labute approximate surface area is 65.3 Å². The molecule has 0 spiro atoms. The molecule has 0 aliphatic carbocycles. The summed E-state index contributed by atoms with van der Waals surface area (Å²) in [7, 11) is 0. The fraction of sp³-hybridized carbons (Fsp3) is 0.833. The first-order valence-electron chi connectivity index (χ1n) is 3.06. The van der Waals surface area contributed by atoms with Crippen LogP contribution in [-0.2, 0) is 9.47 Å². The number of carbonyl (C=O) groups excluding carboxylic acids is 1. The van der Waals surface area contributed by atoms with Crippen LogP contribution in [0, 0.1) is 0 Å². The molecule has 0 heterocycles. The molecule has 0 bridgehead atoms. The normalized spacial score (nSPS) is 10.0. The molecule has 3 nitrogen and oxygen atoms in total. The molecule has 0 atom stereocenters. The monoisotopic (exact) mass is 166 g/mol. The third kappa shape index (κ3) is 7.72. The van der Waals surface area contributed by atoms with E-state index in [1.807, 2.05) is 13.8 Å². The van der Waals surface area contributed by atoms with E-state index in [1.165, 1.54) is 0 Å². The number of ether oxygens (including phenoxy) is 2. The van der Waals surface area contributed by atoms with Gasteiger partial charge in [0.05, 0.1) is 12.7 Å². The second-order valence-electron chi connectivity index (χ2n) is 2.01. The first-order valence-corrected chi connectivity index (χ1v) is 3.44. The van der Waals surface area contributed by atoms with Crippen molar-refractivity contribution < 1.29 is 14.3 Å². The molecule has 0 aromatic rings. The van der Waals surface area contributed by atoms with Crippen molar-refractivity contribution in [2.45, 2.75) is 20.0 Å². The van der Waals surface area contributed by atoms with Crippen LogP contribution in [0.4, 0.5) is 4.79 Å². The van der Waals surface area contributed by atoms with Gasteiger partial charge in [-0.3, -0.25) is 0 Å². The van der Waals surface area contributed by atoms with Crippen LogP contribution in [0.3, 0.4) is 0 Å². The van der Waals surface area contributed by atoms with Gasteiger partial charge < -0.3 is 9.47 Å². The van der Waals surface area contributed by atoms with E-state index in [1.54, 1.807) is 0 Å². The first kappa shape index (κ1) is 9.72. The molecular weight excluding hydrogens is 156 g/mol. The van der Waals surface area contributed by atoms with Crippen molar-refractivity contribution in [3.63, 3.8) is 0 Å². The van der Waals surface area contributed by atoms with Crippen LogP contribution < -0.4 is 0 Å². The van der Waals surface area contributed by atoms with E-state index in [2.05, 4.69) is 4.74 Å². The maximum absolute atomic E-state index is 9.98. The summed E-state index contributed by atoms with van der Waals surface area (Å²) >= 11 is 4.88. The number of carbonyl (C=O) groups is 1. The number of hydrogen-bond donors (Lipinski definition) is 0. The number of halogens is 1. The standard InChI is InChI=1S/C6H11ClO3/c1-5(2)9-3-4-10-6(7)8/h5H,3-4H2,1-2H3. The predicted molar refractivity (Wildman–Crippen MR) is 38.3 cm³/mol. The van der Waals surface area contributed by atoms with Gasteiger partial charge in [-0.2, -0.15) is 0 Å². The Morgan fingerprint density at radius 3 is 2.50 bits per heavy atom. The minimum Gasteiger partial charge on any atom is -0.451 e. The number of rotatable bonds is 4. The van der Waals surface area contributed by atoms with Crippen molar-refractivity contribution in [1.82, 2.24) is 0 Å². The zero-order chi connectivity index (χ0) is 7.98. The topological polar surface area (TPSA) is 35.5 Å². The summed E-state index contributed by atoms with van der Waals surface area (Å²) < 4.78 is 9.45. The van der Waals surface area contributed by atoms with E-state index >= 15 is 0 Å². The van der Waals surface area contributed by atoms with Crippen LogP contribution in [0.15, 0.2) is 0 Å². The van der Waals surface area contributed by atoms with Gasteiger partial charge in [-0.1, -0.05) is 0 Å². The van der Waals surface area contributed by atoms with Gasteiger partial charge in [0, 0.05) is 11.6 Å². The van der Waals surface area contributed by atoms with E-state index in [-0.39, 0.29) is 12.7 Å². The Hall–Kier alpha value is -0.280. The SMILES string of the molecule is CC(C)OCCOC(=O)Cl. The Morgan fingerprint density at radius 1 is 1.50 bits per heavy atom. The van der Waals surface area contributed by atoms with Crippen molar-refractivity contribution in [3.8, 4) is 0 Å². The van der Waals surface area contributed by atoms with E-state index in [0.29, 0.717) is 6.61 Å². The molecule has 10 heavy (non-hydrogen) atoms. The van der Waals surface area contributed by atoms with E-state index in [4.69, 9.17) is 16.3 Å². The molecule has 0 rings (SSSR count). The average Bonchev–Trinajstić information content (AvgIpc) is 1.79. The van der Waals surface area contributed by atoms with Gasteiger partial charge in [-0.05, 0) is 13.8 Å². The van der Waals surface area contributed by atoms with Crippen LogP contribution in [0.25, 0.3) is 0 Å². The Morgan fingerprint density at radius 2 is 2.10 bits per heavy atom. The fourth-order valence-electron chi connectivity index (χ4n) is 0.406. The molecule has 0 fully saturated rings. The molecule has 0 amide bonds. The molecule has 0 unspecified atom stereocenters. The Bertz CT molecular complexity index is 103. The zero-order valence-electron chi connectivity index (χ0n) is 6.09. The Balaban J connectivity index is 2.98. The second kappa shape index (κ2) is 5.50. The lowest BCUT2D eigenvalue weighted by Crippen LogP contribution is -2.10. The lowest BCUT2D eigenvalue weighted by molar-refractivity contribution is 0.0450. The van der Waals surface area contributed by atoms with Crippen molar-refractivity contribution in [1.29, 1.82) is 0 Å². The highest BCUT2D eigenvalue weighted by Crippen LogP contribution is 1.89. The van der Waals surface area contributed by atoms with Crippen LogP contribution in [0.2, 0.25) is 0 Å². The third-order valence-corrected chi connectivity index (χ3v) is 0.859. The van der Waals surface area contributed by atoms with Gasteiger partial charge in [-0.25, -0.2) is 4.79 Å². The summed E-state index contributed by atoms with van der Waals surface area (Å²) in [5, 5.41) is 0. The Kier molecular flexibility index (Phi) is 5.35. The maximum Gasteiger partial charge on any atom is 0.403 e. The van der Waals surface area contributed by atoms with Crippen LogP contribution in [0.1, 0.15) is 13.8 Å². The molecule has 0 aliphatic rings. The highest BCUT2D eigenvalue weighted by molar-refractivity contribution is 6.61. The largest absolute Gasteiger partial charge is 0.451 e. The smallest absolute Gasteiger partial charge is 0.403 e. The minimum atomic E-state index is -0.785. The van der Waals surface area contributed by atoms with E-state index < -0.39 is 5.43 Å². The summed E-state index contributed by atoms with van der Waals surface area (Å²) in [6.07, 6.45) is 0.161. The van der Waals surface area contributed by atoms with Crippen LogP contribution >= 0.6 is 11.6 Å². The molecule has 0 aromatic heterocycles. The average molecular weight is 167 g/mol. The van der Waals surface area contributed by atoms with Crippen LogP contribution in [-0.4, -0.2) is 24.7 Å². The molecule has 0 aliphatic heterocycles. The molecule has 0 saturated carbocycles. The van der Waals surface area contributed by atoms with Crippen molar-refractivity contribution in [3.05, 3.63) is 0 Å². The lowest BCUT2D eigenvalue weighted by atomic mass is 10.5. The summed E-state index contributed by atoms with van der Waals surface area (Å²) in [6.45, 7) is 4.43. The molecule has 0 N–H and O–H groups in total. The summed E-state index contributed by atoms with van der Waals surface area (Å²) in [4.78, 5) is 9.98. The van der Waals surface area contributed by atoms with Gasteiger partial charge in [0.15, 0.2) is 0 Å². The lowest BCUT2D eigenvalue weighted by Gasteiger charge is -2.05. The predicted octanol–water partition coefficient (Wildman–Crippen LogP) is 1.79. The molecule has 0 saturated heterocycles. The molecule has 0 aromatic carbocycles. The van der Waals surface area contributed by atoms with Crippen molar-refractivity contribution >= 4 is 17.0 Å². The van der Waals surface area contributed by atoms with Gasteiger partial charge in [0.1, 0.15) is 6.61 Å². The van der Waals surface area contributed by atoms with Crippen molar-refractivity contribution in [2.75, 3.05) is 13.2 Å². The summed E-state index contributed by atoms with van der Waals surface area (Å²) in [6, 6.07) is 0. The van der Waals surface area contributed by atoms with Gasteiger partial charge in [-0.15, -0.1) is 0 Å². The number of hydrogen-bond acceptors (Lipinski definition) is 3. The van der Waals surface area contributed by atoms with Gasteiger partial charge >= 0.3 is 5.43 Å². The second-order valence-corrected chi connectivity index (χ2v) is 2.31. The maximum atomic E-state index is 9.98. The van der Waals surface area contributed by atoms with E-state index in [9.17, 15) is 4.79 Å². The molecule has 0 radical (unpaired) electrons. The highest BCUT2D eigenvalue weighted by atomic mass is 35.5. The molecular formula is C6H11ClO3.